The van der Waals surface area contributed by atoms with Crippen LogP contribution in [0.15, 0.2) is 42.6 Å². The number of rotatable bonds is 5. The highest BCUT2D eigenvalue weighted by Crippen LogP contribution is 2.34. The number of hydrogen-bond acceptors (Lipinski definition) is 3. The van der Waals surface area contributed by atoms with Crippen LogP contribution in [0.4, 0.5) is 0 Å². The fourth-order valence-corrected chi connectivity index (χ4v) is 2.78. The topological polar surface area (TPSA) is 34.2 Å². The largest absolute Gasteiger partial charge is 0.493 e. The van der Waals surface area contributed by atoms with Crippen molar-refractivity contribution in [2.75, 3.05) is 13.2 Å². The SMILES string of the molecule is CCNC(Cc1ccccn1)c1cccc2c1OCC2. The Balaban J connectivity index is 1.89. The number of hydrogen-bond donors (Lipinski definition) is 1. The summed E-state index contributed by atoms with van der Waals surface area (Å²) in [6.45, 7) is 3.87. The third-order valence-corrected chi connectivity index (χ3v) is 3.71. The molecular weight excluding hydrogens is 248 g/mol. The first kappa shape index (κ1) is 13.1. The molecular formula is C17H20N2O. The number of ether oxygens (including phenoxy) is 1. The quantitative estimate of drug-likeness (QED) is 0.905. The molecule has 1 atom stereocenters. The van der Waals surface area contributed by atoms with Crippen LogP contribution in [0.5, 0.6) is 5.75 Å². The van der Waals surface area contributed by atoms with Crippen LogP contribution in [0, 0.1) is 0 Å². The van der Waals surface area contributed by atoms with E-state index >= 15 is 0 Å². The minimum Gasteiger partial charge on any atom is -0.493 e. The molecule has 1 aromatic heterocycles. The Bertz CT molecular complexity index is 568. The highest BCUT2D eigenvalue weighted by atomic mass is 16.5. The molecule has 0 fully saturated rings. The molecule has 3 nitrogen and oxygen atoms in total. The number of benzene rings is 1. The normalized spacial score (nSPS) is 14.7. The van der Waals surface area contributed by atoms with Crippen LogP contribution < -0.4 is 10.1 Å². The average molecular weight is 268 g/mol. The molecule has 104 valence electrons. The Morgan fingerprint density at radius 1 is 1.25 bits per heavy atom. The second-order valence-corrected chi connectivity index (χ2v) is 5.07. The van der Waals surface area contributed by atoms with Crippen LogP contribution in [-0.2, 0) is 12.8 Å². The van der Waals surface area contributed by atoms with E-state index in [1.807, 2.05) is 18.3 Å². The summed E-state index contributed by atoms with van der Waals surface area (Å²) in [4.78, 5) is 4.44. The third-order valence-electron chi connectivity index (χ3n) is 3.71. The van der Waals surface area contributed by atoms with Gasteiger partial charge in [-0.15, -0.1) is 0 Å². The van der Waals surface area contributed by atoms with Crippen molar-refractivity contribution in [3.8, 4) is 5.75 Å². The van der Waals surface area contributed by atoms with Gasteiger partial charge in [0.2, 0.25) is 0 Å². The lowest BCUT2D eigenvalue weighted by Gasteiger charge is -2.20. The lowest BCUT2D eigenvalue weighted by molar-refractivity contribution is 0.348. The highest BCUT2D eigenvalue weighted by molar-refractivity contribution is 5.46. The first-order valence-electron chi connectivity index (χ1n) is 7.26. The van der Waals surface area contributed by atoms with Crippen LogP contribution in [-0.4, -0.2) is 18.1 Å². The molecule has 1 aliphatic heterocycles. The molecule has 3 heteroatoms. The molecule has 2 heterocycles. The smallest absolute Gasteiger partial charge is 0.127 e. The Hall–Kier alpha value is -1.87. The number of pyridine rings is 1. The first-order valence-corrected chi connectivity index (χ1v) is 7.26. The van der Waals surface area contributed by atoms with Crippen molar-refractivity contribution in [3.05, 3.63) is 59.4 Å². The van der Waals surface area contributed by atoms with E-state index in [0.29, 0.717) is 0 Å². The van der Waals surface area contributed by atoms with Crippen LogP contribution in [0.1, 0.15) is 29.8 Å². The van der Waals surface area contributed by atoms with Crippen LogP contribution in [0.2, 0.25) is 0 Å². The standard InChI is InChI=1S/C17H20N2O/c1-2-18-16(12-14-7-3-4-10-19-14)15-8-5-6-13-9-11-20-17(13)15/h3-8,10,16,18H,2,9,11-12H2,1H3. The van der Waals surface area contributed by atoms with Crippen molar-refractivity contribution in [2.45, 2.75) is 25.8 Å². The van der Waals surface area contributed by atoms with Crippen molar-refractivity contribution >= 4 is 0 Å². The van der Waals surface area contributed by atoms with Crippen molar-refractivity contribution in [2.24, 2.45) is 0 Å². The summed E-state index contributed by atoms with van der Waals surface area (Å²) in [5.74, 6) is 1.08. The molecule has 0 spiro atoms. The monoisotopic (exact) mass is 268 g/mol. The molecule has 20 heavy (non-hydrogen) atoms. The van der Waals surface area contributed by atoms with E-state index in [4.69, 9.17) is 4.74 Å². The molecule has 0 saturated carbocycles. The van der Waals surface area contributed by atoms with Crippen LogP contribution in [0.25, 0.3) is 0 Å². The van der Waals surface area contributed by atoms with E-state index < -0.39 is 0 Å². The van der Waals surface area contributed by atoms with Gasteiger partial charge in [-0.05, 0) is 24.2 Å². The zero-order valence-corrected chi connectivity index (χ0v) is 11.8. The van der Waals surface area contributed by atoms with Crippen molar-refractivity contribution in [1.29, 1.82) is 0 Å². The van der Waals surface area contributed by atoms with Gasteiger partial charge < -0.3 is 10.1 Å². The Morgan fingerprint density at radius 3 is 3.00 bits per heavy atom. The molecule has 0 amide bonds. The summed E-state index contributed by atoms with van der Waals surface area (Å²) < 4.78 is 5.83. The number of nitrogens with one attached hydrogen (secondary N) is 1. The van der Waals surface area contributed by atoms with Gasteiger partial charge in [-0.2, -0.15) is 0 Å². The van der Waals surface area contributed by atoms with Gasteiger partial charge in [0.1, 0.15) is 5.75 Å². The van der Waals surface area contributed by atoms with E-state index in [1.165, 1.54) is 11.1 Å². The summed E-state index contributed by atoms with van der Waals surface area (Å²) in [7, 11) is 0. The van der Waals surface area contributed by atoms with E-state index in [-0.39, 0.29) is 6.04 Å². The molecule has 3 rings (SSSR count). The number of para-hydroxylation sites is 1. The van der Waals surface area contributed by atoms with E-state index in [1.54, 1.807) is 0 Å². The van der Waals surface area contributed by atoms with Crippen molar-refractivity contribution < 1.29 is 4.74 Å². The summed E-state index contributed by atoms with van der Waals surface area (Å²) in [6, 6.07) is 12.8. The third kappa shape index (κ3) is 2.68. The maximum absolute atomic E-state index is 5.83. The molecule has 1 aliphatic rings. The minimum absolute atomic E-state index is 0.253. The van der Waals surface area contributed by atoms with E-state index in [2.05, 4.69) is 41.5 Å². The molecule has 0 radical (unpaired) electrons. The first-order chi connectivity index (χ1) is 9.88. The molecule has 1 unspecified atom stereocenters. The van der Waals surface area contributed by atoms with Gasteiger partial charge in [0, 0.05) is 36.3 Å². The summed E-state index contributed by atoms with van der Waals surface area (Å²) in [5.41, 5.74) is 3.69. The number of aromatic nitrogens is 1. The molecule has 2 aromatic rings. The second kappa shape index (κ2) is 6.06. The molecule has 0 aliphatic carbocycles. The van der Waals surface area contributed by atoms with Gasteiger partial charge >= 0.3 is 0 Å². The van der Waals surface area contributed by atoms with E-state index in [0.717, 1.165) is 37.4 Å². The molecule has 1 N–H and O–H groups in total. The maximum atomic E-state index is 5.83. The zero-order valence-electron chi connectivity index (χ0n) is 11.8. The average Bonchev–Trinajstić information content (AvgIpc) is 2.96. The maximum Gasteiger partial charge on any atom is 0.127 e. The fourth-order valence-electron chi connectivity index (χ4n) is 2.78. The van der Waals surface area contributed by atoms with Gasteiger partial charge in [0.25, 0.3) is 0 Å². The Labute approximate surface area is 120 Å². The van der Waals surface area contributed by atoms with Crippen molar-refractivity contribution in [3.63, 3.8) is 0 Å². The number of likely N-dealkylation sites (N-methyl/N-ethyl adjacent to an activating group) is 1. The fraction of sp³-hybridized carbons (Fsp3) is 0.353. The van der Waals surface area contributed by atoms with Crippen LogP contribution in [0.3, 0.4) is 0 Å². The predicted octanol–water partition coefficient (Wildman–Crippen LogP) is 2.91. The summed E-state index contributed by atoms with van der Waals surface area (Å²) in [6.07, 6.45) is 3.75. The van der Waals surface area contributed by atoms with Crippen LogP contribution >= 0.6 is 0 Å². The van der Waals surface area contributed by atoms with Gasteiger partial charge in [-0.25, -0.2) is 0 Å². The van der Waals surface area contributed by atoms with Gasteiger partial charge in [-0.3, -0.25) is 4.98 Å². The van der Waals surface area contributed by atoms with Crippen molar-refractivity contribution in [1.82, 2.24) is 10.3 Å². The Kier molecular flexibility index (Phi) is 3.97. The Morgan fingerprint density at radius 2 is 2.20 bits per heavy atom. The molecule has 0 saturated heterocycles. The number of nitrogens with zero attached hydrogens (tertiary/aromatic N) is 1. The lowest BCUT2D eigenvalue weighted by Crippen LogP contribution is -2.23. The zero-order chi connectivity index (χ0) is 13.8. The molecule has 0 bridgehead atoms. The minimum atomic E-state index is 0.253. The predicted molar refractivity (Wildman–Crippen MR) is 80.0 cm³/mol. The van der Waals surface area contributed by atoms with Gasteiger partial charge in [-0.1, -0.05) is 31.2 Å². The number of fused-ring (bicyclic) bond motifs is 1. The van der Waals surface area contributed by atoms with Gasteiger partial charge in [0.15, 0.2) is 0 Å². The highest BCUT2D eigenvalue weighted by Gasteiger charge is 2.22. The lowest BCUT2D eigenvalue weighted by atomic mass is 9.98. The molecule has 1 aromatic carbocycles. The summed E-state index contributed by atoms with van der Waals surface area (Å²) >= 11 is 0. The van der Waals surface area contributed by atoms with E-state index in [9.17, 15) is 0 Å². The van der Waals surface area contributed by atoms with Gasteiger partial charge in [0.05, 0.1) is 6.61 Å². The second-order valence-electron chi connectivity index (χ2n) is 5.07. The summed E-state index contributed by atoms with van der Waals surface area (Å²) in [5, 5.41) is 3.56.